The van der Waals surface area contributed by atoms with E-state index in [1.54, 1.807) is 6.08 Å². The average Bonchev–Trinajstić information content (AvgIpc) is 2.71. The van der Waals surface area contributed by atoms with Gasteiger partial charge in [0.25, 0.3) is 0 Å². The van der Waals surface area contributed by atoms with E-state index in [1.165, 1.54) is 6.21 Å². The molecule has 6 nitrogen and oxygen atoms in total. The van der Waals surface area contributed by atoms with Crippen molar-refractivity contribution in [2.75, 3.05) is 39.3 Å². The third-order valence-electron chi connectivity index (χ3n) is 5.56. The van der Waals surface area contributed by atoms with Crippen LogP contribution in [0.2, 0.25) is 0 Å². The predicted molar refractivity (Wildman–Crippen MR) is 120 cm³/mol. The van der Waals surface area contributed by atoms with Crippen molar-refractivity contribution < 1.29 is 14.7 Å². The Morgan fingerprint density at radius 3 is 2.50 bits per heavy atom. The van der Waals surface area contributed by atoms with E-state index in [1.807, 2.05) is 55.2 Å². The summed E-state index contributed by atoms with van der Waals surface area (Å²) in [5, 5.41) is 10.1. The minimum atomic E-state index is -0.189. The van der Waals surface area contributed by atoms with Gasteiger partial charge in [-0.3, -0.25) is 19.5 Å². The normalized spacial score (nSPS) is 20.5. The lowest BCUT2D eigenvalue weighted by molar-refractivity contribution is -0.127. The van der Waals surface area contributed by atoms with E-state index in [-0.39, 0.29) is 22.9 Å². The number of benzene rings is 1. The second-order valence-corrected chi connectivity index (χ2v) is 8.75. The zero-order chi connectivity index (χ0) is 21.6. The van der Waals surface area contributed by atoms with Crippen LogP contribution in [-0.4, -0.2) is 72.1 Å². The molecule has 1 heterocycles. The van der Waals surface area contributed by atoms with Gasteiger partial charge in [0.15, 0.2) is 5.78 Å². The van der Waals surface area contributed by atoms with Gasteiger partial charge in [-0.05, 0) is 17.1 Å². The maximum Gasteiger partial charge on any atom is 0.246 e. The van der Waals surface area contributed by atoms with E-state index in [2.05, 4.69) is 9.89 Å². The van der Waals surface area contributed by atoms with Crippen LogP contribution in [0.4, 0.5) is 0 Å². The lowest BCUT2D eigenvalue weighted by atomic mass is 9.77. The molecule has 1 aromatic carbocycles. The number of carbonyl (C=O) groups excluding carboxylic acids is 2. The fraction of sp³-hybridized carbons (Fsp3) is 0.458. The molecule has 1 aliphatic carbocycles. The molecule has 3 rings (SSSR count). The third kappa shape index (κ3) is 6.13. The van der Waals surface area contributed by atoms with Crippen molar-refractivity contribution in [2.24, 2.45) is 10.4 Å². The van der Waals surface area contributed by atoms with Gasteiger partial charge in [-0.2, -0.15) is 0 Å². The lowest BCUT2D eigenvalue weighted by Gasteiger charge is -2.33. The number of aliphatic hydroxyl groups is 1. The van der Waals surface area contributed by atoms with Crippen molar-refractivity contribution in [1.82, 2.24) is 9.80 Å². The SMILES string of the molecule is CC1(C)CC(=O)C(C=NCCN2CCN(C(=O)/C=C/c3ccccc3)CC2)=C(O)C1. The molecule has 1 fully saturated rings. The standard InChI is InChI=1S/C24H31N3O3/c1-24(2)16-21(28)20(22(29)17-24)18-25-10-11-26-12-14-27(15-13-26)23(30)9-8-19-6-4-3-5-7-19/h3-9,18,28H,10-17H2,1-2H3/b9-8+,25-18?. The highest BCUT2D eigenvalue weighted by Gasteiger charge is 2.32. The summed E-state index contributed by atoms with van der Waals surface area (Å²) < 4.78 is 0. The third-order valence-corrected chi connectivity index (χ3v) is 5.56. The number of carbonyl (C=O) groups is 2. The number of ketones is 1. The highest BCUT2D eigenvalue weighted by atomic mass is 16.3. The van der Waals surface area contributed by atoms with Crippen molar-refractivity contribution >= 4 is 24.0 Å². The van der Waals surface area contributed by atoms with Gasteiger partial charge >= 0.3 is 0 Å². The Morgan fingerprint density at radius 2 is 1.83 bits per heavy atom. The van der Waals surface area contributed by atoms with Crippen molar-refractivity contribution in [3.05, 3.63) is 53.3 Å². The van der Waals surface area contributed by atoms with Gasteiger partial charge in [-0.1, -0.05) is 44.2 Å². The van der Waals surface area contributed by atoms with Crippen molar-refractivity contribution in [3.8, 4) is 0 Å². The molecule has 0 aromatic heterocycles. The van der Waals surface area contributed by atoms with E-state index in [0.717, 1.165) is 25.2 Å². The minimum absolute atomic E-state index is 0.0387. The Labute approximate surface area is 178 Å². The van der Waals surface area contributed by atoms with Crippen LogP contribution in [0.5, 0.6) is 0 Å². The van der Waals surface area contributed by atoms with E-state index < -0.39 is 0 Å². The topological polar surface area (TPSA) is 73.2 Å². The summed E-state index contributed by atoms with van der Waals surface area (Å²) in [6.45, 7) is 8.31. The molecular weight excluding hydrogens is 378 g/mol. The molecule has 0 radical (unpaired) electrons. The molecular formula is C24H31N3O3. The van der Waals surface area contributed by atoms with Crippen LogP contribution >= 0.6 is 0 Å². The molecule has 1 aromatic rings. The number of hydrogen-bond acceptors (Lipinski definition) is 5. The summed E-state index contributed by atoms with van der Waals surface area (Å²) >= 11 is 0. The molecule has 0 unspecified atom stereocenters. The molecule has 1 saturated heterocycles. The van der Waals surface area contributed by atoms with Crippen LogP contribution in [0.1, 0.15) is 32.3 Å². The van der Waals surface area contributed by atoms with Crippen LogP contribution in [0.3, 0.4) is 0 Å². The van der Waals surface area contributed by atoms with Crippen LogP contribution in [0.15, 0.2) is 52.7 Å². The van der Waals surface area contributed by atoms with Crippen LogP contribution < -0.4 is 0 Å². The first-order valence-electron chi connectivity index (χ1n) is 10.5. The monoisotopic (exact) mass is 409 g/mol. The van der Waals surface area contributed by atoms with Gasteiger partial charge in [-0.25, -0.2) is 0 Å². The summed E-state index contributed by atoms with van der Waals surface area (Å²) in [4.78, 5) is 33.0. The summed E-state index contributed by atoms with van der Waals surface area (Å²) in [6, 6.07) is 9.80. The van der Waals surface area contributed by atoms with Crippen molar-refractivity contribution in [1.29, 1.82) is 0 Å². The number of hydrogen-bond donors (Lipinski definition) is 1. The first-order chi connectivity index (χ1) is 14.3. The zero-order valence-corrected chi connectivity index (χ0v) is 17.9. The Morgan fingerprint density at radius 1 is 1.13 bits per heavy atom. The number of Topliss-reactive ketones (excluding diaryl/α,β-unsaturated/α-hetero) is 1. The average molecular weight is 410 g/mol. The molecule has 1 amide bonds. The zero-order valence-electron chi connectivity index (χ0n) is 17.9. The van der Waals surface area contributed by atoms with E-state index in [4.69, 9.17) is 0 Å². The Hall–Kier alpha value is -2.73. The van der Waals surface area contributed by atoms with Crippen molar-refractivity contribution in [3.63, 3.8) is 0 Å². The molecule has 6 heteroatoms. The van der Waals surface area contributed by atoms with Gasteiger partial charge < -0.3 is 10.0 Å². The fourth-order valence-electron chi connectivity index (χ4n) is 3.83. The van der Waals surface area contributed by atoms with Crippen LogP contribution in [0, 0.1) is 5.41 Å². The van der Waals surface area contributed by atoms with Gasteiger partial charge in [0.1, 0.15) is 5.76 Å². The first-order valence-corrected chi connectivity index (χ1v) is 10.5. The molecule has 0 spiro atoms. The second-order valence-electron chi connectivity index (χ2n) is 8.75. The highest BCUT2D eigenvalue weighted by molar-refractivity contribution is 6.14. The quantitative estimate of drug-likeness (QED) is 0.579. The van der Waals surface area contributed by atoms with Crippen molar-refractivity contribution in [2.45, 2.75) is 26.7 Å². The van der Waals surface area contributed by atoms with Crippen LogP contribution in [-0.2, 0) is 9.59 Å². The molecule has 0 saturated carbocycles. The summed E-state index contributed by atoms with van der Waals surface area (Å²) in [6.07, 6.45) is 5.96. The first kappa shape index (κ1) is 22.0. The molecule has 0 bridgehead atoms. The predicted octanol–water partition coefficient (Wildman–Crippen LogP) is 3.12. The summed E-state index contributed by atoms with van der Waals surface area (Å²) in [5.74, 6) is 0.150. The number of allylic oxidation sites excluding steroid dienone is 2. The number of aliphatic hydroxyl groups excluding tert-OH is 1. The molecule has 0 atom stereocenters. The summed E-state index contributed by atoms with van der Waals surface area (Å²) in [7, 11) is 0. The maximum atomic E-state index is 12.4. The van der Waals surface area contributed by atoms with Gasteiger partial charge in [-0.15, -0.1) is 0 Å². The van der Waals surface area contributed by atoms with E-state index in [0.29, 0.717) is 38.0 Å². The van der Waals surface area contributed by atoms with Gasteiger partial charge in [0.2, 0.25) is 5.91 Å². The van der Waals surface area contributed by atoms with E-state index >= 15 is 0 Å². The number of aliphatic imine (C=N–C) groups is 1. The molecule has 2 aliphatic rings. The Kier molecular flexibility index (Phi) is 7.21. The number of nitrogens with zero attached hydrogens (tertiary/aromatic N) is 3. The summed E-state index contributed by atoms with van der Waals surface area (Å²) in [5.41, 5.74) is 1.18. The number of piperazine rings is 1. The Balaban J connectivity index is 1.41. The largest absolute Gasteiger partial charge is 0.511 e. The fourth-order valence-corrected chi connectivity index (χ4v) is 3.83. The van der Waals surface area contributed by atoms with E-state index in [9.17, 15) is 14.7 Å². The minimum Gasteiger partial charge on any atom is -0.511 e. The lowest BCUT2D eigenvalue weighted by Crippen LogP contribution is -2.48. The molecule has 1 aliphatic heterocycles. The van der Waals surface area contributed by atoms with Gasteiger partial charge in [0, 0.05) is 57.9 Å². The van der Waals surface area contributed by atoms with Gasteiger partial charge in [0.05, 0.1) is 12.1 Å². The molecule has 30 heavy (non-hydrogen) atoms. The number of rotatable bonds is 6. The maximum absolute atomic E-state index is 12.4. The molecule has 160 valence electrons. The number of amides is 1. The van der Waals surface area contributed by atoms with Crippen LogP contribution in [0.25, 0.3) is 6.08 Å². The molecule has 1 N–H and O–H groups in total. The Bertz CT molecular complexity index is 848. The smallest absolute Gasteiger partial charge is 0.246 e. The second kappa shape index (κ2) is 9.85. The highest BCUT2D eigenvalue weighted by Crippen LogP contribution is 2.35.